The number of benzene rings is 6. The van der Waals surface area contributed by atoms with Gasteiger partial charge in [0.1, 0.15) is 0 Å². The molecule has 1 heterocycles. The summed E-state index contributed by atoms with van der Waals surface area (Å²) in [5.41, 5.74) is 18.6. The molecule has 0 N–H and O–H groups in total. The van der Waals surface area contributed by atoms with E-state index in [1.54, 1.807) is 11.1 Å². The molecule has 13 rings (SSSR count). The Morgan fingerprint density at radius 1 is 0.441 bits per heavy atom. The van der Waals surface area contributed by atoms with Gasteiger partial charge in [0.15, 0.2) is 0 Å². The summed E-state index contributed by atoms with van der Waals surface area (Å²) >= 11 is 2.03. The molecular weight excluding hydrogens is 731 g/mol. The molecule has 4 fully saturated rings. The van der Waals surface area contributed by atoms with Crippen LogP contribution in [0.5, 0.6) is 0 Å². The zero-order chi connectivity index (χ0) is 40.1. The Balaban J connectivity index is 1.07. The van der Waals surface area contributed by atoms with Crippen LogP contribution in [0.25, 0.3) is 22.3 Å². The smallest absolute Gasteiger partial charge is 0.0465 e. The maximum Gasteiger partial charge on any atom is 0.0465 e. The first-order valence-electron chi connectivity index (χ1n) is 22.6. The fraction of sp³-hybridized carbons (Fsp3) is 0.368. The van der Waals surface area contributed by atoms with Gasteiger partial charge < -0.3 is 4.90 Å². The van der Waals surface area contributed by atoms with Crippen LogP contribution in [0.15, 0.2) is 137 Å². The first kappa shape index (κ1) is 36.3. The second kappa shape index (κ2) is 12.5. The summed E-state index contributed by atoms with van der Waals surface area (Å²) in [4.78, 5) is 5.59. The first-order valence-corrected chi connectivity index (χ1v) is 23.5. The normalized spacial score (nSPS) is 26.7. The highest BCUT2D eigenvalue weighted by Gasteiger charge is 2.61. The van der Waals surface area contributed by atoms with Gasteiger partial charge in [0.2, 0.25) is 0 Å². The molecule has 6 aliphatic carbocycles. The molecule has 2 heteroatoms. The van der Waals surface area contributed by atoms with Gasteiger partial charge in [-0.2, -0.15) is 0 Å². The molecule has 0 atom stereocenters. The fourth-order valence-corrected chi connectivity index (χ4v) is 15.1. The second-order valence-electron chi connectivity index (χ2n) is 21.3. The van der Waals surface area contributed by atoms with Crippen molar-refractivity contribution in [2.24, 2.45) is 23.7 Å². The molecule has 1 nitrogen and oxygen atoms in total. The number of anilines is 3. The quantitative estimate of drug-likeness (QED) is 0.175. The van der Waals surface area contributed by atoms with E-state index in [-0.39, 0.29) is 21.7 Å². The van der Waals surface area contributed by atoms with Crippen LogP contribution in [0.2, 0.25) is 0 Å². The van der Waals surface area contributed by atoms with E-state index in [2.05, 4.69) is 174 Å². The van der Waals surface area contributed by atoms with Crippen molar-refractivity contribution in [1.82, 2.24) is 0 Å². The SMILES string of the molecule is CC1(C)CCC(C)(C)c2cc(N(c3ccc4c(c3)C(C)(C)c3ccccc3-4)c3ccc4c(c3)C3(c5ccc(-c6ccccc6)cc5S4)C4CC5CC(C4)CC3C5)ccc21. The average molecular weight is 788 g/mol. The monoisotopic (exact) mass is 787 g/mol. The van der Waals surface area contributed by atoms with Gasteiger partial charge in [0, 0.05) is 37.7 Å². The summed E-state index contributed by atoms with van der Waals surface area (Å²) in [6.07, 6.45) is 9.39. The number of nitrogens with zero attached hydrogens (tertiary/aromatic N) is 1. The van der Waals surface area contributed by atoms with E-state index in [1.807, 2.05) is 11.8 Å². The molecule has 0 saturated heterocycles. The van der Waals surface area contributed by atoms with Crippen molar-refractivity contribution in [1.29, 1.82) is 0 Å². The summed E-state index contributed by atoms with van der Waals surface area (Å²) in [6, 6.07) is 50.2. The van der Waals surface area contributed by atoms with E-state index < -0.39 is 0 Å². The van der Waals surface area contributed by atoms with Crippen LogP contribution in [-0.4, -0.2) is 0 Å². The predicted octanol–water partition coefficient (Wildman–Crippen LogP) is 15.7. The van der Waals surface area contributed by atoms with Gasteiger partial charge in [-0.3, -0.25) is 0 Å². The molecule has 296 valence electrons. The van der Waals surface area contributed by atoms with Crippen LogP contribution in [0.1, 0.15) is 120 Å². The van der Waals surface area contributed by atoms with Crippen molar-refractivity contribution in [3.63, 3.8) is 0 Å². The summed E-state index contributed by atoms with van der Waals surface area (Å²) in [5, 5.41) is 0. The lowest BCUT2D eigenvalue weighted by Gasteiger charge is -2.63. The van der Waals surface area contributed by atoms with E-state index in [1.165, 1.54) is 116 Å². The number of rotatable bonds is 4. The van der Waals surface area contributed by atoms with Crippen LogP contribution in [0, 0.1) is 23.7 Å². The van der Waals surface area contributed by atoms with Crippen molar-refractivity contribution in [2.45, 2.75) is 118 Å². The Hall–Kier alpha value is -4.53. The van der Waals surface area contributed by atoms with Gasteiger partial charge in [0.05, 0.1) is 0 Å². The van der Waals surface area contributed by atoms with Crippen molar-refractivity contribution in [3.05, 3.63) is 161 Å². The van der Waals surface area contributed by atoms with Gasteiger partial charge >= 0.3 is 0 Å². The minimum Gasteiger partial charge on any atom is -0.310 e. The van der Waals surface area contributed by atoms with E-state index in [0.29, 0.717) is 11.8 Å². The molecule has 6 aromatic rings. The standard InChI is InChI=1S/C57H57NS/c1-54(2)24-25-55(3,4)50-33-42(18-22-47(50)54)58(41-17-20-45-44-14-10-11-15-46(44)56(5,6)49(45)32-41)43-19-23-52-51(34-43)57(39-27-35-26-36(29-39)30-40(57)28-35)48-21-16-38(31-53(48)59-52)37-12-8-7-9-13-37/h7-23,31-36,39-40H,24-30H2,1-6H3. The van der Waals surface area contributed by atoms with Gasteiger partial charge in [-0.15, -0.1) is 0 Å². The maximum absolute atomic E-state index is 2.69. The third-order valence-electron chi connectivity index (χ3n) is 16.8. The Morgan fingerprint density at radius 2 is 1.02 bits per heavy atom. The minimum absolute atomic E-state index is 0.0453. The zero-order valence-electron chi connectivity index (χ0n) is 35.7. The van der Waals surface area contributed by atoms with Crippen LogP contribution < -0.4 is 4.90 Å². The third-order valence-corrected chi connectivity index (χ3v) is 17.9. The van der Waals surface area contributed by atoms with Crippen molar-refractivity contribution in [2.75, 3.05) is 4.90 Å². The molecule has 6 aromatic carbocycles. The van der Waals surface area contributed by atoms with Gasteiger partial charge in [-0.25, -0.2) is 0 Å². The maximum atomic E-state index is 2.69. The zero-order valence-corrected chi connectivity index (χ0v) is 36.6. The summed E-state index contributed by atoms with van der Waals surface area (Å²) in [5.74, 6) is 3.17. The molecule has 4 bridgehead atoms. The number of hydrogen-bond acceptors (Lipinski definition) is 2. The molecule has 0 unspecified atom stereocenters. The van der Waals surface area contributed by atoms with Crippen LogP contribution >= 0.6 is 11.8 Å². The molecule has 7 aliphatic rings. The Morgan fingerprint density at radius 3 is 1.75 bits per heavy atom. The molecule has 1 spiro atoms. The minimum atomic E-state index is -0.0747. The summed E-state index contributed by atoms with van der Waals surface area (Å²) in [6.45, 7) is 14.7. The summed E-state index contributed by atoms with van der Waals surface area (Å²) in [7, 11) is 0. The van der Waals surface area contributed by atoms with Gasteiger partial charge in [-0.1, -0.05) is 132 Å². The third kappa shape index (κ3) is 5.17. The highest BCUT2D eigenvalue weighted by Crippen LogP contribution is 2.69. The van der Waals surface area contributed by atoms with Gasteiger partial charge in [-0.05, 0) is 184 Å². The highest BCUT2D eigenvalue weighted by molar-refractivity contribution is 7.99. The Kier molecular flexibility index (Phi) is 7.70. The number of hydrogen-bond donors (Lipinski definition) is 0. The van der Waals surface area contributed by atoms with Crippen molar-refractivity contribution in [3.8, 4) is 22.3 Å². The lowest BCUT2D eigenvalue weighted by atomic mass is 9.42. The first-order chi connectivity index (χ1) is 28.4. The highest BCUT2D eigenvalue weighted by atomic mass is 32.2. The van der Waals surface area contributed by atoms with Crippen molar-refractivity contribution >= 4 is 28.8 Å². The molecular formula is C57H57NS. The predicted molar refractivity (Wildman–Crippen MR) is 248 cm³/mol. The van der Waals surface area contributed by atoms with E-state index in [4.69, 9.17) is 0 Å². The molecule has 1 aliphatic heterocycles. The molecule has 59 heavy (non-hydrogen) atoms. The topological polar surface area (TPSA) is 3.24 Å². The van der Waals surface area contributed by atoms with Crippen LogP contribution in [0.4, 0.5) is 17.1 Å². The molecule has 0 radical (unpaired) electrons. The molecule has 4 saturated carbocycles. The largest absolute Gasteiger partial charge is 0.310 e. The van der Waals surface area contributed by atoms with Crippen LogP contribution in [-0.2, 0) is 21.7 Å². The van der Waals surface area contributed by atoms with E-state index in [0.717, 1.165) is 11.8 Å². The van der Waals surface area contributed by atoms with E-state index >= 15 is 0 Å². The average Bonchev–Trinajstić information content (AvgIpc) is 3.46. The van der Waals surface area contributed by atoms with Crippen molar-refractivity contribution < 1.29 is 0 Å². The van der Waals surface area contributed by atoms with Gasteiger partial charge in [0.25, 0.3) is 0 Å². The summed E-state index contributed by atoms with van der Waals surface area (Å²) < 4.78 is 0. The van der Waals surface area contributed by atoms with Crippen LogP contribution in [0.3, 0.4) is 0 Å². The second-order valence-corrected chi connectivity index (χ2v) is 22.4. The molecule has 0 aromatic heterocycles. The Bertz CT molecular complexity index is 2670. The fourth-order valence-electron chi connectivity index (χ4n) is 13.9. The lowest BCUT2D eigenvalue weighted by molar-refractivity contribution is -0.0443. The lowest BCUT2D eigenvalue weighted by Crippen LogP contribution is -2.57. The molecule has 0 amide bonds. The van der Waals surface area contributed by atoms with E-state index in [9.17, 15) is 0 Å². The Labute approximate surface area is 356 Å². The number of fused-ring (bicyclic) bond motifs is 6.